The average molecular weight is 438 g/mol. The number of fused-ring (bicyclic) bond motifs is 1. The van der Waals surface area contributed by atoms with E-state index in [1.165, 1.54) is 44.3 Å². The molecule has 0 aliphatic carbocycles. The highest BCUT2D eigenvalue weighted by atomic mass is 16.2. The molecule has 3 saturated heterocycles. The van der Waals surface area contributed by atoms with Crippen molar-refractivity contribution in [2.24, 2.45) is 18.9 Å². The number of benzene rings is 1. The predicted molar refractivity (Wildman–Crippen MR) is 126 cm³/mol. The van der Waals surface area contributed by atoms with Gasteiger partial charge in [-0.15, -0.1) is 0 Å². The van der Waals surface area contributed by atoms with Crippen molar-refractivity contribution >= 4 is 28.4 Å². The first-order valence-corrected chi connectivity index (χ1v) is 12.3. The van der Waals surface area contributed by atoms with Crippen molar-refractivity contribution in [3.05, 3.63) is 23.9 Å². The molecule has 1 aromatic carbocycles. The third-order valence-corrected chi connectivity index (χ3v) is 7.81. The highest BCUT2D eigenvalue weighted by Gasteiger charge is 2.32. The third kappa shape index (κ3) is 4.27. The maximum absolute atomic E-state index is 12.4. The highest BCUT2D eigenvalue weighted by molar-refractivity contribution is 6.02. The fraction of sp³-hybridized carbons (Fsp3) is 0.640. The van der Waals surface area contributed by atoms with E-state index >= 15 is 0 Å². The van der Waals surface area contributed by atoms with Crippen LogP contribution in [-0.4, -0.2) is 47.3 Å². The molecule has 0 radical (unpaired) electrons. The van der Waals surface area contributed by atoms with Crippen LogP contribution in [0.3, 0.4) is 0 Å². The van der Waals surface area contributed by atoms with Gasteiger partial charge in [0.15, 0.2) is 0 Å². The van der Waals surface area contributed by atoms with Crippen molar-refractivity contribution in [3.8, 4) is 0 Å². The molecule has 2 aromatic rings. The Hall–Kier alpha value is -2.41. The number of hydrogen-bond donors (Lipinski definition) is 2. The number of aryl methyl sites for hydroxylation is 1. The van der Waals surface area contributed by atoms with Gasteiger partial charge in [0.1, 0.15) is 0 Å². The van der Waals surface area contributed by atoms with Crippen LogP contribution in [0.15, 0.2) is 18.2 Å². The minimum absolute atomic E-state index is 0.188. The first-order chi connectivity index (χ1) is 15.5. The minimum Gasteiger partial charge on any atom is -0.371 e. The van der Waals surface area contributed by atoms with E-state index < -0.39 is 0 Å². The molecule has 3 fully saturated rings. The lowest BCUT2D eigenvalue weighted by molar-refractivity contribution is -0.134. The Morgan fingerprint density at radius 1 is 1.09 bits per heavy atom. The Morgan fingerprint density at radius 3 is 2.66 bits per heavy atom. The lowest BCUT2D eigenvalue weighted by atomic mass is 9.81. The van der Waals surface area contributed by atoms with Gasteiger partial charge in [-0.05, 0) is 82.0 Å². The Labute approximate surface area is 189 Å². The van der Waals surface area contributed by atoms with Crippen LogP contribution >= 0.6 is 0 Å². The largest absolute Gasteiger partial charge is 0.371 e. The maximum atomic E-state index is 12.4. The zero-order valence-corrected chi connectivity index (χ0v) is 19.3. The van der Waals surface area contributed by atoms with E-state index in [1.54, 1.807) is 0 Å². The van der Waals surface area contributed by atoms with E-state index in [9.17, 15) is 9.59 Å². The highest BCUT2D eigenvalue weighted by Crippen LogP contribution is 2.35. The molecule has 4 heterocycles. The number of anilines is 1. The molecule has 2 N–H and O–H groups in total. The lowest BCUT2D eigenvalue weighted by Crippen LogP contribution is -2.39. The van der Waals surface area contributed by atoms with Crippen LogP contribution in [0.25, 0.3) is 10.9 Å². The number of aromatic nitrogens is 2. The lowest BCUT2D eigenvalue weighted by Gasteiger charge is -2.36. The molecule has 172 valence electrons. The first-order valence-electron chi connectivity index (χ1n) is 12.3. The fourth-order valence-corrected chi connectivity index (χ4v) is 6.03. The van der Waals surface area contributed by atoms with Gasteiger partial charge in [-0.2, -0.15) is 5.10 Å². The molecule has 0 bridgehead atoms. The summed E-state index contributed by atoms with van der Waals surface area (Å²) in [5, 5.41) is 11.7. The maximum Gasteiger partial charge on any atom is 0.235 e. The van der Waals surface area contributed by atoms with Crippen LogP contribution in [-0.2, 0) is 16.6 Å². The summed E-state index contributed by atoms with van der Waals surface area (Å²) in [7, 11) is 1.94. The summed E-state index contributed by atoms with van der Waals surface area (Å²) < 4.78 is 1.88. The van der Waals surface area contributed by atoms with Crippen molar-refractivity contribution in [1.82, 2.24) is 20.4 Å². The number of piperidine rings is 3. The number of carbonyl (C=O) groups is 2. The van der Waals surface area contributed by atoms with Gasteiger partial charge < -0.3 is 10.2 Å². The number of nitrogens with one attached hydrogen (secondary N) is 2. The molecular formula is C25H35N5O2. The molecule has 2 amide bonds. The second kappa shape index (κ2) is 8.85. The van der Waals surface area contributed by atoms with E-state index in [0.717, 1.165) is 41.5 Å². The molecule has 3 aliphatic rings. The van der Waals surface area contributed by atoms with Gasteiger partial charge in [-0.25, -0.2) is 0 Å². The Bertz CT molecular complexity index is 1010. The topological polar surface area (TPSA) is 79.3 Å². The number of rotatable bonds is 4. The Balaban J connectivity index is 1.26. The average Bonchev–Trinajstić information content (AvgIpc) is 3.10. The summed E-state index contributed by atoms with van der Waals surface area (Å²) in [6.45, 7) is 5.70. The summed E-state index contributed by atoms with van der Waals surface area (Å²) in [4.78, 5) is 26.4. The smallest absolute Gasteiger partial charge is 0.235 e. The third-order valence-electron chi connectivity index (χ3n) is 7.81. The molecule has 7 heteroatoms. The van der Waals surface area contributed by atoms with Gasteiger partial charge >= 0.3 is 0 Å². The zero-order chi connectivity index (χ0) is 22.2. The minimum atomic E-state index is -0.351. The van der Waals surface area contributed by atoms with Crippen molar-refractivity contribution in [2.45, 2.75) is 63.8 Å². The van der Waals surface area contributed by atoms with Crippen LogP contribution < -0.4 is 15.5 Å². The SMILES string of the molecule is C[C@H]1C[C@H](CC2CCN(c3ccc4c(C5CCC(=O)NC5=O)nn(C)c4c3)CC2)CCN1. The first kappa shape index (κ1) is 21.4. The molecule has 5 rings (SSSR count). The van der Waals surface area contributed by atoms with Gasteiger partial charge in [0.25, 0.3) is 0 Å². The summed E-state index contributed by atoms with van der Waals surface area (Å²) in [6, 6.07) is 7.17. The van der Waals surface area contributed by atoms with Crippen molar-refractivity contribution in [1.29, 1.82) is 0 Å². The van der Waals surface area contributed by atoms with E-state index in [0.29, 0.717) is 18.9 Å². The molecule has 32 heavy (non-hydrogen) atoms. The van der Waals surface area contributed by atoms with Gasteiger partial charge in [-0.3, -0.25) is 19.6 Å². The van der Waals surface area contributed by atoms with E-state index in [1.807, 2.05) is 11.7 Å². The van der Waals surface area contributed by atoms with Crippen LogP contribution in [0.5, 0.6) is 0 Å². The molecule has 7 nitrogen and oxygen atoms in total. The van der Waals surface area contributed by atoms with E-state index in [4.69, 9.17) is 0 Å². The summed E-state index contributed by atoms with van der Waals surface area (Å²) in [6.07, 6.45) is 7.48. The number of carbonyl (C=O) groups excluding carboxylic acids is 2. The number of imide groups is 1. The number of hydrogen-bond acceptors (Lipinski definition) is 5. The molecule has 1 unspecified atom stereocenters. The second-order valence-electron chi connectivity index (χ2n) is 10.1. The summed E-state index contributed by atoms with van der Waals surface area (Å²) >= 11 is 0. The van der Waals surface area contributed by atoms with Crippen LogP contribution in [0.4, 0.5) is 5.69 Å². The van der Waals surface area contributed by atoms with Gasteiger partial charge in [-0.1, -0.05) is 0 Å². The normalized spacial score (nSPS) is 27.7. The standard InChI is InChI=1S/C25H35N5O2/c1-16-13-18(7-10-26-16)14-17-8-11-30(12-9-17)19-3-4-20-22(15-19)29(2)28-24(20)21-5-6-23(31)27-25(21)32/h3-4,15-18,21,26H,5-14H2,1-2H3,(H,27,31,32)/t16-,18+,21?/m0/s1. The van der Waals surface area contributed by atoms with Gasteiger partial charge in [0.05, 0.1) is 17.1 Å². The van der Waals surface area contributed by atoms with E-state index in [-0.39, 0.29) is 17.7 Å². The molecule has 1 aromatic heterocycles. The summed E-state index contributed by atoms with van der Waals surface area (Å²) in [5.74, 6) is 0.971. The van der Waals surface area contributed by atoms with Crippen LogP contribution in [0, 0.1) is 11.8 Å². The van der Waals surface area contributed by atoms with Crippen LogP contribution in [0.2, 0.25) is 0 Å². The van der Waals surface area contributed by atoms with E-state index in [2.05, 4.69) is 45.8 Å². The fourth-order valence-electron chi connectivity index (χ4n) is 6.03. The zero-order valence-electron chi connectivity index (χ0n) is 19.3. The van der Waals surface area contributed by atoms with Crippen molar-refractivity contribution in [3.63, 3.8) is 0 Å². The Kier molecular flexibility index (Phi) is 5.93. The number of amides is 2. The van der Waals surface area contributed by atoms with Gasteiger partial charge in [0.2, 0.25) is 11.8 Å². The quantitative estimate of drug-likeness (QED) is 0.719. The predicted octanol–water partition coefficient (Wildman–Crippen LogP) is 3.09. The van der Waals surface area contributed by atoms with Crippen molar-refractivity contribution < 1.29 is 9.59 Å². The molecule has 0 spiro atoms. The monoisotopic (exact) mass is 437 g/mol. The molecule has 3 aliphatic heterocycles. The number of nitrogens with zero attached hydrogens (tertiary/aromatic N) is 3. The van der Waals surface area contributed by atoms with Gasteiger partial charge in [0, 0.05) is 43.7 Å². The summed E-state index contributed by atoms with van der Waals surface area (Å²) in [5.41, 5.74) is 3.08. The Morgan fingerprint density at radius 2 is 1.91 bits per heavy atom. The van der Waals surface area contributed by atoms with Crippen LogP contribution in [0.1, 0.15) is 63.5 Å². The molecule has 3 atom stereocenters. The molecule has 0 saturated carbocycles. The second-order valence-corrected chi connectivity index (χ2v) is 10.1. The molecular weight excluding hydrogens is 402 g/mol. The van der Waals surface area contributed by atoms with Crippen molar-refractivity contribution in [2.75, 3.05) is 24.5 Å².